The van der Waals surface area contributed by atoms with Gasteiger partial charge in [-0.05, 0) is 75.9 Å². The van der Waals surface area contributed by atoms with Gasteiger partial charge in [0.2, 0.25) is 5.88 Å². The Bertz CT molecular complexity index is 1130. The summed E-state index contributed by atoms with van der Waals surface area (Å²) < 4.78 is 5.74. The molecule has 1 N–H and O–H groups in total. The summed E-state index contributed by atoms with van der Waals surface area (Å²) in [4.78, 5) is 30.2. The van der Waals surface area contributed by atoms with Gasteiger partial charge in [0, 0.05) is 37.5 Å². The quantitative estimate of drug-likeness (QED) is 0.473. The molecule has 8 nitrogen and oxygen atoms in total. The van der Waals surface area contributed by atoms with Crippen LogP contribution < -0.4 is 15.0 Å². The van der Waals surface area contributed by atoms with Crippen LogP contribution in [0.3, 0.4) is 0 Å². The molecule has 0 aliphatic heterocycles. The number of fused-ring (bicyclic) bond motifs is 1. The standard InChI is InChI=1S/C27H36N6O2/c1-19-6-10-22(11-7-19)30-27(34)33(4)25-18-28-23-12-8-20(16-24(23)31-25)21-9-13-26(29-17-21)35-15-5-14-32(2)3/h8-9,12-13,16-19,22H,5-7,10-11,14-15H2,1-4H3,(H,30,34). The van der Waals surface area contributed by atoms with Crippen molar-refractivity contribution < 1.29 is 9.53 Å². The van der Waals surface area contributed by atoms with Gasteiger partial charge in [0.05, 0.1) is 23.8 Å². The number of amides is 2. The maximum atomic E-state index is 12.8. The van der Waals surface area contributed by atoms with Crippen LogP contribution in [0.15, 0.2) is 42.7 Å². The molecular formula is C27H36N6O2. The Labute approximate surface area is 207 Å². The number of pyridine rings is 1. The highest BCUT2D eigenvalue weighted by Gasteiger charge is 2.22. The highest BCUT2D eigenvalue weighted by atomic mass is 16.5. The summed E-state index contributed by atoms with van der Waals surface area (Å²) >= 11 is 0. The van der Waals surface area contributed by atoms with Crippen molar-refractivity contribution in [2.75, 3.05) is 39.2 Å². The molecule has 0 radical (unpaired) electrons. The second-order valence-corrected chi connectivity index (χ2v) is 9.79. The van der Waals surface area contributed by atoms with Crippen LogP contribution in [0.1, 0.15) is 39.0 Å². The Balaban J connectivity index is 1.42. The Kier molecular flexibility index (Phi) is 8.13. The van der Waals surface area contributed by atoms with E-state index < -0.39 is 0 Å². The topological polar surface area (TPSA) is 83.5 Å². The lowest BCUT2D eigenvalue weighted by Gasteiger charge is -2.28. The molecule has 0 atom stereocenters. The highest BCUT2D eigenvalue weighted by Crippen LogP contribution is 2.26. The van der Waals surface area contributed by atoms with Gasteiger partial charge in [-0.15, -0.1) is 0 Å². The number of nitrogens with one attached hydrogen (secondary N) is 1. The number of ether oxygens (including phenoxy) is 1. The largest absolute Gasteiger partial charge is 0.478 e. The van der Waals surface area contributed by atoms with E-state index in [0.717, 1.165) is 66.7 Å². The number of rotatable bonds is 8. The molecule has 186 valence electrons. The summed E-state index contributed by atoms with van der Waals surface area (Å²) in [5.41, 5.74) is 3.47. The third kappa shape index (κ3) is 6.66. The van der Waals surface area contributed by atoms with E-state index in [1.54, 1.807) is 18.1 Å². The van der Waals surface area contributed by atoms with Crippen molar-refractivity contribution in [1.82, 2.24) is 25.2 Å². The number of hydrogen-bond acceptors (Lipinski definition) is 6. The number of nitrogens with zero attached hydrogens (tertiary/aromatic N) is 5. The third-order valence-electron chi connectivity index (χ3n) is 6.59. The van der Waals surface area contributed by atoms with E-state index in [1.165, 1.54) is 0 Å². The molecule has 1 aliphatic carbocycles. The Morgan fingerprint density at radius 1 is 1.00 bits per heavy atom. The maximum Gasteiger partial charge on any atom is 0.323 e. The summed E-state index contributed by atoms with van der Waals surface area (Å²) in [7, 11) is 5.84. The molecular weight excluding hydrogens is 440 g/mol. The van der Waals surface area contributed by atoms with Gasteiger partial charge in [-0.1, -0.05) is 13.0 Å². The lowest BCUT2D eigenvalue weighted by atomic mass is 9.87. The molecule has 3 aromatic rings. The fourth-order valence-corrected chi connectivity index (χ4v) is 4.32. The zero-order valence-corrected chi connectivity index (χ0v) is 21.2. The molecule has 1 fully saturated rings. The fourth-order valence-electron chi connectivity index (χ4n) is 4.32. The second-order valence-electron chi connectivity index (χ2n) is 9.79. The predicted octanol–water partition coefficient (Wildman–Crippen LogP) is 4.75. The summed E-state index contributed by atoms with van der Waals surface area (Å²) in [5, 5.41) is 3.15. The van der Waals surface area contributed by atoms with Crippen molar-refractivity contribution in [3.63, 3.8) is 0 Å². The average molecular weight is 477 g/mol. The highest BCUT2D eigenvalue weighted by molar-refractivity contribution is 5.92. The molecule has 0 bridgehead atoms. The second kappa shape index (κ2) is 11.4. The van der Waals surface area contributed by atoms with Crippen molar-refractivity contribution in [3.05, 3.63) is 42.7 Å². The van der Waals surface area contributed by atoms with Crippen molar-refractivity contribution in [3.8, 4) is 17.0 Å². The molecule has 4 rings (SSSR count). The maximum absolute atomic E-state index is 12.8. The Morgan fingerprint density at radius 2 is 1.77 bits per heavy atom. The number of carbonyl (C=O) groups is 1. The van der Waals surface area contributed by atoms with Crippen molar-refractivity contribution in [2.24, 2.45) is 5.92 Å². The minimum absolute atomic E-state index is 0.139. The Morgan fingerprint density at radius 3 is 2.49 bits per heavy atom. The number of aromatic nitrogens is 3. The van der Waals surface area contributed by atoms with Gasteiger partial charge in [-0.3, -0.25) is 9.88 Å². The van der Waals surface area contributed by atoms with Crippen LogP contribution in [0.4, 0.5) is 10.6 Å². The van der Waals surface area contributed by atoms with E-state index in [2.05, 4.69) is 41.2 Å². The summed E-state index contributed by atoms with van der Waals surface area (Å²) in [6.07, 6.45) is 8.79. The van der Waals surface area contributed by atoms with Gasteiger partial charge in [-0.2, -0.15) is 0 Å². The lowest BCUT2D eigenvalue weighted by molar-refractivity contribution is 0.235. The van der Waals surface area contributed by atoms with Gasteiger partial charge in [0.1, 0.15) is 0 Å². The van der Waals surface area contributed by atoms with Gasteiger partial charge in [0.15, 0.2) is 5.82 Å². The first-order chi connectivity index (χ1) is 16.9. The first-order valence-electron chi connectivity index (χ1n) is 12.4. The molecule has 0 spiro atoms. The predicted molar refractivity (Wildman–Crippen MR) is 140 cm³/mol. The number of anilines is 1. The summed E-state index contributed by atoms with van der Waals surface area (Å²) in [6, 6.07) is 9.91. The SMILES string of the molecule is CC1CCC(NC(=O)N(C)c2cnc3ccc(-c4ccc(OCCCN(C)C)nc4)cc3n2)CC1. The van der Waals surface area contributed by atoms with Crippen LogP contribution in [0.5, 0.6) is 5.88 Å². The van der Waals surface area contributed by atoms with Crippen molar-refractivity contribution in [2.45, 2.75) is 45.1 Å². The first-order valence-corrected chi connectivity index (χ1v) is 12.4. The van der Waals surface area contributed by atoms with Crippen LogP contribution in [-0.4, -0.2) is 66.2 Å². The van der Waals surface area contributed by atoms with Crippen LogP contribution in [0, 0.1) is 5.92 Å². The smallest absolute Gasteiger partial charge is 0.323 e. The van der Waals surface area contributed by atoms with E-state index in [-0.39, 0.29) is 12.1 Å². The molecule has 1 aromatic carbocycles. The van der Waals surface area contributed by atoms with E-state index in [4.69, 9.17) is 9.72 Å². The summed E-state index contributed by atoms with van der Waals surface area (Å²) in [6.45, 7) is 3.89. The molecule has 2 amide bonds. The molecule has 0 unspecified atom stereocenters. The van der Waals surface area contributed by atoms with Gasteiger partial charge in [-0.25, -0.2) is 14.8 Å². The van der Waals surface area contributed by atoms with Gasteiger partial charge < -0.3 is 15.0 Å². The monoisotopic (exact) mass is 476 g/mol. The normalized spacial score (nSPS) is 18.0. The molecule has 8 heteroatoms. The van der Waals surface area contributed by atoms with Crippen LogP contribution >= 0.6 is 0 Å². The van der Waals surface area contributed by atoms with Crippen LogP contribution in [0.2, 0.25) is 0 Å². The molecule has 35 heavy (non-hydrogen) atoms. The lowest BCUT2D eigenvalue weighted by Crippen LogP contribution is -2.44. The van der Waals surface area contributed by atoms with E-state index in [0.29, 0.717) is 18.3 Å². The van der Waals surface area contributed by atoms with Gasteiger partial charge in [0.25, 0.3) is 0 Å². The van der Waals surface area contributed by atoms with Crippen LogP contribution in [0.25, 0.3) is 22.2 Å². The molecule has 2 heterocycles. The minimum atomic E-state index is -0.139. The van der Waals surface area contributed by atoms with Crippen LogP contribution in [-0.2, 0) is 0 Å². The first kappa shape index (κ1) is 24.9. The molecule has 0 saturated heterocycles. The zero-order chi connectivity index (χ0) is 24.8. The number of carbonyl (C=O) groups excluding carboxylic acids is 1. The molecule has 2 aromatic heterocycles. The number of urea groups is 1. The molecule has 1 aliphatic rings. The molecule has 1 saturated carbocycles. The van der Waals surface area contributed by atoms with Crippen molar-refractivity contribution >= 4 is 22.9 Å². The van der Waals surface area contributed by atoms with E-state index in [1.807, 2.05) is 36.5 Å². The Hall–Kier alpha value is -3.26. The number of benzene rings is 1. The van der Waals surface area contributed by atoms with E-state index in [9.17, 15) is 4.79 Å². The van der Waals surface area contributed by atoms with Gasteiger partial charge >= 0.3 is 6.03 Å². The summed E-state index contributed by atoms with van der Waals surface area (Å²) in [5.74, 6) is 1.89. The fraction of sp³-hybridized carbons (Fsp3) is 0.481. The number of hydrogen-bond donors (Lipinski definition) is 1. The van der Waals surface area contributed by atoms with Crippen molar-refractivity contribution in [1.29, 1.82) is 0 Å². The third-order valence-corrected chi connectivity index (χ3v) is 6.59. The minimum Gasteiger partial charge on any atom is -0.478 e. The zero-order valence-electron chi connectivity index (χ0n) is 21.2. The average Bonchev–Trinajstić information content (AvgIpc) is 2.87. The van der Waals surface area contributed by atoms with E-state index >= 15 is 0 Å².